The Morgan fingerprint density at radius 2 is 1.94 bits per heavy atom. The van der Waals surface area contributed by atoms with Crippen molar-refractivity contribution < 1.29 is 0 Å². The van der Waals surface area contributed by atoms with E-state index >= 15 is 0 Å². The summed E-state index contributed by atoms with van der Waals surface area (Å²) >= 11 is 12.5. The molecule has 2 fully saturated rings. The number of hydrogen-bond acceptors (Lipinski definition) is 1. The fraction of sp³-hybridized carbons (Fsp3) is 0.600. The monoisotopic (exact) mass is 283 g/mol. The van der Waals surface area contributed by atoms with Crippen LogP contribution in [0.2, 0.25) is 10.0 Å². The summed E-state index contributed by atoms with van der Waals surface area (Å²) in [6.45, 7) is 2.08. The lowest BCUT2D eigenvalue weighted by atomic mass is 9.74. The third-order valence-electron chi connectivity index (χ3n) is 5.12. The van der Waals surface area contributed by atoms with Gasteiger partial charge in [0.1, 0.15) is 0 Å². The Morgan fingerprint density at radius 3 is 2.50 bits per heavy atom. The third-order valence-corrected chi connectivity index (χ3v) is 5.94. The molecule has 0 unspecified atom stereocenters. The molecule has 18 heavy (non-hydrogen) atoms. The lowest BCUT2D eigenvalue weighted by Crippen LogP contribution is -2.31. The molecule has 3 rings (SSSR count). The minimum Gasteiger partial charge on any atom is -0.323 e. The van der Waals surface area contributed by atoms with Crippen LogP contribution in [0.3, 0.4) is 0 Å². The first kappa shape index (κ1) is 12.8. The van der Waals surface area contributed by atoms with E-state index < -0.39 is 0 Å². The average molecular weight is 284 g/mol. The first-order valence-corrected chi connectivity index (χ1v) is 7.49. The standard InChI is InChI=1S/C15H19Cl2N/c1-9-2-3-11(16)13(17)12(9)14(18)15-6-4-10(8-15)5-7-15/h2-3,10,14H,4-8,18H2,1H3/t10?,14-,15?/m1/s1. The molecule has 2 bridgehead atoms. The van der Waals surface area contributed by atoms with E-state index in [1.54, 1.807) is 0 Å². The van der Waals surface area contributed by atoms with Crippen LogP contribution in [0, 0.1) is 18.3 Å². The zero-order chi connectivity index (χ0) is 12.9. The Labute approximate surface area is 119 Å². The van der Waals surface area contributed by atoms with E-state index in [1.807, 2.05) is 12.1 Å². The number of halogens is 2. The normalized spacial score (nSPS) is 31.9. The van der Waals surface area contributed by atoms with Crippen LogP contribution >= 0.6 is 23.2 Å². The first-order chi connectivity index (χ1) is 8.53. The summed E-state index contributed by atoms with van der Waals surface area (Å²) in [5, 5.41) is 1.28. The molecule has 0 aliphatic heterocycles. The average Bonchev–Trinajstić information content (AvgIpc) is 2.96. The highest BCUT2D eigenvalue weighted by Gasteiger charge is 2.49. The lowest BCUT2D eigenvalue weighted by molar-refractivity contribution is 0.233. The smallest absolute Gasteiger partial charge is 0.0642 e. The fourth-order valence-corrected chi connectivity index (χ4v) is 4.52. The van der Waals surface area contributed by atoms with Gasteiger partial charge in [-0.25, -0.2) is 0 Å². The van der Waals surface area contributed by atoms with E-state index in [9.17, 15) is 0 Å². The van der Waals surface area contributed by atoms with Crippen LogP contribution in [0.4, 0.5) is 0 Å². The molecule has 1 atom stereocenters. The van der Waals surface area contributed by atoms with Crippen LogP contribution in [0.25, 0.3) is 0 Å². The molecule has 0 spiro atoms. The van der Waals surface area contributed by atoms with Crippen molar-refractivity contribution in [3.05, 3.63) is 33.3 Å². The Hall–Kier alpha value is -0.240. The largest absolute Gasteiger partial charge is 0.323 e. The van der Waals surface area contributed by atoms with Gasteiger partial charge in [0.25, 0.3) is 0 Å². The first-order valence-electron chi connectivity index (χ1n) is 6.73. The van der Waals surface area contributed by atoms with Gasteiger partial charge in [0, 0.05) is 6.04 Å². The van der Waals surface area contributed by atoms with Gasteiger partial charge >= 0.3 is 0 Å². The number of nitrogens with two attached hydrogens (primary N) is 1. The molecule has 0 aromatic heterocycles. The van der Waals surface area contributed by atoms with Crippen molar-refractivity contribution in [2.24, 2.45) is 17.1 Å². The van der Waals surface area contributed by atoms with Crippen LogP contribution in [0.5, 0.6) is 0 Å². The lowest BCUT2D eigenvalue weighted by Gasteiger charge is -2.35. The molecule has 1 nitrogen and oxygen atoms in total. The molecule has 0 radical (unpaired) electrons. The van der Waals surface area contributed by atoms with Gasteiger partial charge in [0.05, 0.1) is 10.0 Å². The summed E-state index contributed by atoms with van der Waals surface area (Å²) < 4.78 is 0. The van der Waals surface area contributed by atoms with E-state index in [-0.39, 0.29) is 11.5 Å². The Bertz CT molecular complexity index is 476. The van der Waals surface area contributed by atoms with Gasteiger partial charge in [0.2, 0.25) is 0 Å². The predicted octanol–water partition coefficient (Wildman–Crippen LogP) is 4.88. The van der Waals surface area contributed by atoms with E-state index in [4.69, 9.17) is 28.9 Å². The van der Waals surface area contributed by atoms with Gasteiger partial charge in [-0.1, -0.05) is 29.3 Å². The van der Waals surface area contributed by atoms with Gasteiger partial charge in [-0.15, -0.1) is 0 Å². The highest BCUT2D eigenvalue weighted by Crippen LogP contribution is 2.60. The molecule has 2 aliphatic rings. The summed E-state index contributed by atoms with van der Waals surface area (Å²) in [7, 11) is 0. The van der Waals surface area contributed by atoms with Crippen molar-refractivity contribution in [1.82, 2.24) is 0 Å². The van der Waals surface area contributed by atoms with E-state index in [0.29, 0.717) is 10.0 Å². The molecule has 98 valence electrons. The molecule has 2 N–H and O–H groups in total. The summed E-state index contributed by atoms with van der Waals surface area (Å²) in [4.78, 5) is 0. The predicted molar refractivity (Wildman–Crippen MR) is 77.1 cm³/mol. The van der Waals surface area contributed by atoms with Crippen LogP contribution in [0.1, 0.15) is 49.3 Å². The SMILES string of the molecule is Cc1ccc(Cl)c(Cl)c1[C@@H](N)C12CCC(CC1)C2. The van der Waals surface area contributed by atoms with Crippen LogP contribution in [0.15, 0.2) is 12.1 Å². The minimum atomic E-state index is 0.0381. The summed E-state index contributed by atoms with van der Waals surface area (Å²) in [5.41, 5.74) is 9.13. The molecular formula is C15H19Cl2N. The van der Waals surface area contributed by atoms with Crippen LogP contribution in [-0.2, 0) is 0 Å². The molecule has 0 amide bonds. The number of hydrogen-bond donors (Lipinski definition) is 1. The van der Waals surface area contributed by atoms with Crippen molar-refractivity contribution >= 4 is 23.2 Å². The Balaban J connectivity index is 2.02. The number of benzene rings is 1. The van der Waals surface area contributed by atoms with Crippen molar-refractivity contribution in [3.8, 4) is 0 Å². The van der Waals surface area contributed by atoms with Gasteiger partial charge in [-0.3, -0.25) is 0 Å². The minimum absolute atomic E-state index is 0.0381. The van der Waals surface area contributed by atoms with Crippen molar-refractivity contribution in [2.45, 2.75) is 45.1 Å². The molecule has 0 saturated heterocycles. The Morgan fingerprint density at radius 1 is 1.28 bits per heavy atom. The maximum Gasteiger partial charge on any atom is 0.0642 e. The van der Waals surface area contributed by atoms with Crippen molar-refractivity contribution in [1.29, 1.82) is 0 Å². The van der Waals surface area contributed by atoms with E-state index in [0.717, 1.165) is 11.5 Å². The highest BCUT2D eigenvalue weighted by atomic mass is 35.5. The van der Waals surface area contributed by atoms with E-state index in [1.165, 1.54) is 37.7 Å². The number of aryl methyl sites for hydroxylation is 1. The summed E-state index contributed by atoms with van der Waals surface area (Å²) in [5.74, 6) is 0.898. The third kappa shape index (κ3) is 1.79. The quantitative estimate of drug-likeness (QED) is 0.822. The molecule has 2 saturated carbocycles. The van der Waals surface area contributed by atoms with Gasteiger partial charge in [-0.2, -0.15) is 0 Å². The zero-order valence-corrected chi connectivity index (χ0v) is 12.2. The second kappa shape index (κ2) is 4.40. The van der Waals surface area contributed by atoms with Crippen molar-refractivity contribution in [3.63, 3.8) is 0 Å². The maximum absolute atomic E-state index is 6.60. The highest BCUT2D eigenvalue weighted by molar-refractivity contribution is 6.42. The summed E-state index contributed by atoms with van der Waals surface area (Å²) in [6, 6.07) is 3.93. The maximum atomic E-state index is 6.60. The van der Waals surface area contributed by atoms with E-state index in [2.05, 4.69) is 6.92 Å². The summed E-state index contributed by atoms with van der Waals surface area (Å²) in [6.07, 6.45) is 6.45. The molecular weight excluding hydrogens is 265 g/mol. The number of fused-ring (bicyclic) bond motifs is 2. The number of rotatable bonds is 2. The molecule has 3 heteroatoms. The van der Waals surface area contributed by atoms with Gasteiger partial charge in [-0.05, 0) is 67.6 Å². The molecule has 2 aliphatic carbocycles. The molecule has 1 aromatic rings. The Kier molecular flexibility index (Phi) is 3.12. The second-order valence-electron chi connectivity index (χ2n) is 6.08. The van der Waals surface area contributed by atoms with Gasteiger partial charge in [0.15, 0.2) is 0 Å². The van der Waals surface area contributed by atoms with Crippen molar-refractivity contribution in [2.75, 3.05) is 0 Å². The second-order valence-corrected chi connectivity index (χ2v) is 6.86. The zero-order valence-electron chi connectivity index (χ0n) is 10.7. The van der Waals surface area contributed by atoms with Crippen LogP contribution in [-0.4, -0.2) is 0 Å². The molecule has 0 heterocycles. The molecule has 1 aromatic carbocycles. The van der Waals surface area contributed by atoms with Gasteiger partial charge < -0.3 is 5.73 Å². The topological polar surface area (TPSA) is 26.0 Å². The fourth-order valence-electron chi connectivity index (χ4n) is 4.02. The van der Waals surface area contributed by atoms with Crippen LogP contribution < -0.4 is 5.73 Å².